The quantitative estimate of drug-likeness (QED) is 0.118. The molecule has 0 aromatic heterocycles. The highest BCUT2D eigenvalue weighted by molar-refractivity contribution is 6.14. The van der Waals surface area contributed by atoms with Crippen LogP contribution < -0.4 is 4.74 Å². The summed E-state index contributed by atoms with van der Waals surface area (Å²) in [7, 11) is 0. The Hall–Kier alpha value is -6.34. The monoisotopic (exact) mass is 833 g/mol. The van der Waals surface area contributed by atoms with Gasteiger partial charge in [0.25, 0.3) is 0 Å². The minimum Gasteiger partial charge on any atom is -0.410 e. The van der Waals surface area contributed by atoms with E-state index in [0.717, 1.165) is 55.8 Å². The molecule has 3 aliphatic rings. The van der Waals surface area contributed by atoms with Crippen LogP contribution in [-0.4, -0.2) is 45.2 Å². The molecule has 6 heteroatoms. The average Bonchev–Trinajstić information content (AvgIpc) is 3.56. The van der Waals surface area contributed by atoms with Crippen LogP contribution in [0.5, 0.6) is 5.75 Å². The standard InChI is InChI=1S/C57H55NO5/c1-39-14-13-32-56(2)53(50-30-26-40(34-46(59)28-25-39)35-52(50)54(60)51-24-11-10-23-49(51)43-16-4-3-5-17-43)31-33-57(56,62)38-58(37-45-21-12-20-42-18-8-9-22-48(42)45)55(61)63-47-29-27-41-15-6-7-19-44(41)36-47/h3-12,14-24,26-27,29-30,35-36,46,53,59,62H,13,25,28,31-34,37-38H2,1-2H3. The first-order valence-electron chi connectivity index (χ1n) is 22.4. The van der Waals surface area contributed by atoms with Crippen LogP contribution in [-0.2, 0) is 13.0 Å². The van der Waals surface area contributed by atoms with Gasteiger partial charge in [0, 0.05) is 23.1 Å². The van der Waals surface area contributed by atoms with Gasteiger partial charge in [-0.25, -0.2) is 4.79 Å². The summed E-state index contributed by atoms with van der Waals surface area (Å²) >= 11 is 0. The van der Waals surface area contributed by atoms with E-state index in [-0.39, 0.29) is 24.8 Å². The largest absolute Gasteiger partial charge is 0.415 e. The second-order valence-electron chi connectivity index (χ2n) is 18.1. The van der Waals surface area contributed by atoms with Crippen molar-refractivity contribution in [3.05, 3.63) is 197 Å². The van der Waals surface area contributed by atoms with Crippen LogP contribution in [0.2, 0.25) is 0 Å². The molecule has 4 unspecified atom stereocenters. The van der Waals surface area contributed by atoms with Crippen molar-refractivity contribution in [3.8, 4) is 16.9 Å². The van der Waals surface area contributed by atoms with Crippen molar-refractivity contribution in [3.63, 3.8) is 0 Å². The van der Waals surface area contributed by atoms with Crippen LogP contribution in [0.15, 0.2) is 169 Å². The zero-order chi connectivity index (χ0) is 43.6. The van der Waals surface area contributed by atoms with Gasteiger partial charge in [0.15, 0.2) is 5.78 Å². The molecule has 63 heavy (non-hydrogen) atoms. The van der Waals surface area contributed by atoms with Gasteiger partial charge in [-0.3, -0.25) is 4.79 Å². The molecule has 4 atom stereocenters. The first-order valence-corrected chi connectivity index (χ1v) is 22.4. The summed E-state index contributed by atoms with van der Waals surface area (Å²) in [6, 6.07) is 51.8. The number of amides is 1. The maximum absolute atomic E-state index is 15.2. The molecule has 1 fully saturated rings. The molecule has 7 aromatic carbocycles. The minimum absolute atomic E-state index is 0.0305. The lowest BCUT2D eigenvalue weighted by molar-refractivity contribution is -0.0801. The predicted octanol–water partition coefficient (Wildman–Crippen LogP) is 12.6. The number of benzene rings is 7. The van der Waals surface area contributed by atoms with E-state index in [0.29, 0.717) is 55.4 Å². The molecule has 0 saturated heterocycles. The van der Waals surface area contributed by atoms with E-state index in [1.807, 2.05) is 127 Å². The highest BCUT2D eigenvalue weighted by atomic mass is 16.6. The van der Waals surface area contributed by atoms with Gasteiger partial charge in [-0.05, 0) is 125 Å². The summed E-state index contributed by atoms with van der Waals surface area (Å²) in [6.07, 6.45) is 5.29. The van der Waals surface area contributed by atoms with E-state index >= 15 is 4.79 Å². The molecule has 0 radical (unpaired) electrons. The fraction of sp³-hybridized carbons (Fsp3) is 0.263. The second-order valence-corrected chi connectivity index (χ2v) is 18.1. The lowest BCUT2D eigenvalue weighted by atomic mass is 9.64. The Morgan fingerprint density at radius 2 is 1.46 bits per heavy atom. The zero-order valence-corrected chi connectivity index (χ0v) is 36.2. The summed E-state index contributed by atoms with van der Waals surface area (Å²) < 4.78 is 6.22. The lowest BCUT2D eigenvalue weighted by Gasteiger charge is -2.46. The van der Waals surface area contributed by atoms with Crippen molar-refractivity contribution in [2.75, 3.05) is 6.54 Å². The van der Waals surface area contributed by atoms with E-state index < -0.39 is 23.2 Å². The highest BCUT2D eigenvalue weighted by Crippen LogP contribution is 2.59. The first-order chi connectivity index (χ1) is 30.6. The Morgan fingerprint density at radius 3 is 2.30 bits per heavy atom. The maximum Gasteiger partial charge on any atom is 0.415 e. The third-order valence-electron chi connectivity index (χ3n) is 14.1. The van der Waals surface area contributed by atoms with Gasteiger partial charge < -0.3 is 19.8 Å². The summed E-state index contributed by atoms with van der Waals surface area (Å²) in [5.74, 6) is 0.127. The normalized spacial score (nSPS) is 21.4. The van der Waals surface area contributed by atoms with Crippen molar-refractivity contribution in [2.24, 2.45) is 5.41 Å². The van der Waals surface area contributed by atoms with Crippen molar-refractivity contribution in [1.29, 1.82) is 0 Å². The number of nitrogens with zero attached hydrogens (tertiary/aromatic N) is 1. The summed E-state index contributed by atoms with van der Waals surface area (Å²) in [6.45, 7) is 4.53. The molecule has 0 aliphatic heterocycles. The summed E-state index contributed by atoms with van der Waals surface area (Å²) in [5, 5.41) is 28.8. The zero-order valence-electron chi connectivity index (χ0n) is 36.2. The third kappa shape index (κ3) is 8.58. The van der Waals surface area contributed by atoms with Crippen molar-refractivity contribution in [1.82, 2.24) is 4.90 Å². The summed E-state index contributed by atoms with van der Waals surface area (Å²) in [4.78, 5) is 31.6. The van der Waals surface area contributed by atoms with Crippen LogP contribution in [0.1, 0.15) is 90.9 Å². The Labute approximate surface area is 370 Å². The molecule has 7 aromatic rings. The first kappa shape index (κ1) is 42.0. The number of carbonyl (C=O) groups excluding carboxylic acids is 2. The Bertz CT molecular complexity index is 2820. The van der Waals surface area contributed by atoms with Gasteiger partial charge in [-0.2, -0.15) is 0 Å². The van der Waals surface area contributed by atoms with Gasteiger partial charge in [-0.15, -0.1) is 0 Å². The number of hydrogen-bond acceptors (Lipinski definition) is 5. The number of fused-ring (bicyclic) bond motifs is 10. The molecule has 0 heterocycles. The number of allylic oxidation sites excluding steroid dienone is 2. The van der Waals surface area contributed by atoms with Crippen molar-refractivity contribution < 1.29 is 24.5 Å². The molecule has 6 nitrogen and oxygen atoms in total. The predicted molar refractivity (Wildman–Crippen MR) is 253 cm³/mol. The van der Waals surface area contributed by atoms with Crippen LogP contribution in [0.4, 0.5) is 4.79 Å². The van der Waals surface area contributed by atoms with Crippen LogP contribution in [0.25, 0.3) is 32.7 Å². The topological polar surface area (TPSA) is 87.1 Å². The highest BCUT2D eigenvalue weighted by Gasteiger charge is 2.58. The Balaban J connectivity index is 1.13. The van der Waals surface area contributed by atoms with Gasteiger partial charge in [0.2, 0.25) is 0 Å². The SMILES string of the molecule is CC1=CCCC2(C)C(CCC2(O)CN(Cc2cccc3ccccc23)C(=O)Oc2ccc3ccccc3c2)c2ccc(cc2C(=O)c2ccccc2-c2ccccc2)CC(O)CC1. The molecule has 10 rings (SSSR count). The number of carbonyl (C=O) groups is 2. The number of aliphatic hydroxyl groups excluding tert-OH is 1. The van der Waals surface area contributed by atoms with Crippen LogP contribution >= 0.6 is 0 Å². The molecule has 0 spiro atoms. The number of ether oxygens (including phenoxy) is 1. The van der Waals surface area contributed by atoms with E-state index in [4.69, 9.17) is 4.74 Å². The van der Waals surface area contributed by atoms with Crippen LogP contribution in [0.3, 0.4) is 0 Å². The van der Waals surface area contributed by atoms with Gasteiger partial charge in [-0.1, -0.05) is 158 Å². The smallest absolute Gasteiger partial charge is 0.410 e. The third-order valence-corrected chi connectivity index (χ3v) is 14.1. The lowest BCUT2D eigenvalue weighted by Crippen LogP contribution is -2.54. The molecule has 1 saturated carbocycles. The number of aliphatic hydroxyl groups is 2. The van der Waals surface area contributed by atoms with Gasteiger partial charge >= 0.3 is 6.09 Å². The number of hydrogen-bond donors (Lipinski definition) is 2. The van der Waals surface area contributed by atoms with Crippen LogP contribution in [0, 0.1) is 5.41 Å². The fourth-order valence-corrected chi connectivity index (χ4v) is 10.4. The molecular formula is C57H55NO5. The van der Waals surface area contributed by atoms with E-state index in [1.165, 1.54) is 5.57 Å². The van der Waals surface area contributed by atoms with Crippen molar-refractivity contribution in [2.45, 2.75) is 83.0 Å². The molecular weight excluding hydrogens is 779 g/mol. The maximum atomic E-state index is 15.2. The molecule has 2 N–H and O–H groups in total. The molecule has 318 valence electrons. The average molecular weight is 834 g/mol. The number of ketones is 1. The van der Waals surface area contributed by atoms with E-state index in [2.05, 4.69) is 50.3 Å². The van der Waals surface area contributed by atoms with Gasteiger partial charge in [0.05, 0.1) is 18.2 Å². The summed E-state index contributed by atoms with van der Waals surface area (Å²) in [5.41, 5.74) is 4.82. The van der Waals surface area contributed by atoms with E-state index in [1.54, 1.807) is 4.90 Å². The molecule has 3 aliphatic carbocycles. The fourth-order valence-electron chi connectivity index (χ4n) is 10.4. The van der Waals surface area contributed by atoms with E-state index in [9.17, 15) is 15.0 Å². The molecule has 2 bridgehead atoms. The Kier molecular flexibility index (Phi) is 11.9. The molecule has 1 amide bonds. The second kappa shape index (κ2) is 17.8. The Morgan fingerprint density at radius 1 is 0.730 bits per heavy atom. The van der Waals surface area contributed by atoms with Gasteiger partial charge in [0.1, 0.15) is 5.75 Å². The van der Waals surface area contributed by atoms with Crippen molar-refractivity contribution >= 4 is 33.4 Å². The number of rotatable bonds is 8. The minimum atomic E-state index is -1.36.